The molecule has 0 spiro atoms. The standard InChI is InChI=1S/C21H20F2N2O7/c1-3-31-17-9-12(7-8-16(17)32-21(22)23)15(10-18(26)30-2)24-11-13-5-4-6-14(25(28)29)19(13)20(24)27/h4-9,15,21H,3,10-11H2,1-2H3. The summed E-state index contributed by atoms with van der Waals surface area (Å²) in [5, 5.41) is 11.4. The molecule has 2 aromatic carbocycles. The summed E-state index contributed by atoms with van der Waals surface area (Å²) in [5.41, 5.74) is 0.462. The molecule has 11 heteroatoms. The summed E-state index contributed by atoms with van der Waals surface area (Å²) >= 11 is 0. The number of carbonyl (C=O) groups is 2. The quantitative estimate of drug-likeness (QED) is 0.324. The van der Waals surface area contributed by atoms with Gasteiger partial charge in [0.15, 0.2) is 11.5 Å². The van der Waals surface area contributed by atoms with E-state index < -0.39 is 29.5 Å². The molecule has 0 aromatic heterocycles. The van der Waals surface area contributed by atoms with Gasteiger partial charge in [-0.3, -0.25) is 19.7 Å². The van der Waals surface area contributed by atoms with E-state index in [0.29, 0.717) is 11.1 Å². The van der Waals surface area contributed by atoms with Crippen LogP contribution in [0, 0.1) is 10.1 Å². The molecule has 1 atom stereocenters. The fraction of sp³-hybridized carbons (Fsp3) is 0.333. The summed E-state index contributed by atoms with van der Waals surface area (Å²) in [4.78, 5) is 37.3. The summed E-state index contributed by atoms with van der Waals surface area (Å²) in [7, 11) is 1.19. The van der Waals surface area contributed by atoms with Gasteiger partial charge in [0.2, 0.25) is 0 Å². The zero-order valence-corrected chi connectivity index (χ0v) is 17.2. The molecule has 2 aromatic rings. The molecular weight excluding hydrogens is 430 g/mol. The third kappa shape index (κ3) is 4.61. The Morgan fingerprint density at radius 2 is 2.00 bits per heavy atom. The summed E-state index contributed by atoms with van der Waals surface area (Å²) < 4.78 is 40.1. The molecule has 0 N–H and O–H groups in total. The Labute approximate surface area is 181 Å². The van der Waals surface area contributed by atoms with Crippen LogP contribution in [-0.4, -0.2) is 42.0 Å². The first-order chi connectivity index (χ1) is 15.3. The number of rotatable bonds is 9. The minimum absolute atomic E-state index is 0.00954. The fourth-order valence-corrected chi connectivity index (χ4v) is 3.61. The summed E-state index contributed by atoms with van der Waals surface area (Å²) in [6.45, 7) is -1.23. The lowest BCUT2D eigenvalue weighted by molar-refractivity contribution is -0.385. The number of benzene rings is 2. The molecule has 1 amide bonds. The van der Waals surface area contributed by atoms with E-state index in [4.69, 9.17) is 9.47 Å². The number of methoxy groups -OCH3 is 1. The van der Waals surface area contributed by atoms with Gasteiger partial charge in [-0.15, -0.1) is 0 Å². The Kier molecular flexibility index (Phi) is 6.86. The largest absolute Gasteiger partial charge is 0.490 e. The van der Waals surface area contributed by atoms with Crippen molar-refractivity contribution in [3.05, 3.63) is 63.2 Å². The van der Waals surface area contributed by atoms with E-state index in [2.05, 4.69) is 4.74 Å². The van der Waals surface area contributed by atoms with E-state index in [1.165, 1.54) is 42.3 Å². The number of carbonyl (C=O) groups excluding carboxylic acids is 2. The number of nitro benzene ring substituents is 1. The zero-order chi connectivity index (χ0) is 23.4. The van der Waals surface area contributed by atoms with Crippen molar-refractivity contribution in [2.45, 2.75) is 32.5 Å². The first-order valence-electron chi connectivity index (χ1n) is 9.62. The van der Waals surface area contributed by atoms with Crippen LogP contribution in [0.1, 0.15) is 40.9 Å². The van der Waals surface area contributed by atoms with E-state index in [1.54, 1.807) is 13.0 Å². The van der Waals surface area contributed by atoms with Crippen LogP contribution < -0.4 is 9.47 Å². The van der Waals surface area contributed by atoms with Crippen LogP contribution in [0.25, 0.3) is 0 Å². The predicted molar refractivity (Wildman–Crippen MR) is 107 cm³/mol. The molecule has 0 fully saturated rings. The minimum atomic E-state index is -3.07. The molecule has 0 saturated carbocycles. The SMILES string of the molecule is CCOc1cc(C(CC(=O)OC)N2Cc3cccc([N+](=O)[O-])c3C2=O)ccc1OC(F)F. The lowest BCUT2D eigenvalue weighted by atomic mass is 10.0. The molecule has 1 heterocycles. The third-order valence-electron chi connectivity index (χ3n) is 4.97. The van der Waals surface area contributed by atoms with Crippen molar-refractivity contribution in [1.82, 2.24) is 4.90 Å². The highest BCUT2D eigenvalue weighted by atomic mass is 19.3. The second-order valence-corrected chi connectivity index (χ2v) is 6.82. The van der Waals surface area contributed by atoms with Gasteiger partial charge in [-0.25, -0.2) is 0 Å². The average Bonchev–Trinajstić information content (AvgIpc) is 3.09. The van der Waals surface area contributed by atoms with Gasteiger partial charge >= 0.3 is 12.6 Å². The van der Waals surface area contributed by atoms with E-state index in [9.17, 15) is 28.5 Å². The second-order valence-electron chi connectivity index (χ2n) is 6.82. The Bertz CT molecular complexity index is 1040. The maximum absolute atomic E-state index is 13.1. The lowest BCUT2D eigenvalue weighted by Crippen LogP contribution is -2.31. The van der Waals surface area contributed by atoms with E-state index in [0.717, 1.165) is 0 Å². The Morgan fingerprint density at radius 1 is 1.25 bits per heavy atom. The van der Waals surface area contributed by atoms with Crippen molar-refractivity contribution in [2.24, 2.45) is 0 Å². The van der Waals surface area contributed by atoms with Gasteiger partial charge in [0.1, 0.15) is 5.56 Å². The minimum Gasteiger partial charge on any atom is -0.490 e. The molecule has 1 aliphatic heterocycles. The number of nitro groups is 1. The van der Waals surface area contributed by atoms with Gasteiger partial charge in [0.25, 0.3) is 11.6 Å². The first kappa shape index (κ1) is 22.9. The number of hydrogen-bond acceptors (Lipinski definition) is 7. The van der Waals surface area contributed by atoms with Crippen LogP contribution in [0.15, 0.2) is 36.4 Å². The van der Waals surface area contributed by atoms with Gasteiger partial charge in [0.05, 0.1) is 31.1 Å². The molecule has 1 unspecified atom stereocenters. The number of ether oxygens (including phenoxy) is 3. The maximum atomic E-state index is 13.1. The molecule has 3 rings (SSSR count). The van der Waals surface area contributed by atoms with Crippen molar-refractivity contribution in [2.75, 3.05) is 13.7 Å². The van der Waals surface area contributed by atoms with Crippen LogP contribution in [0.2, 0.25) is 0 Å². The predicted octanol–water partition coefficient (Wildman–Crippen LogP) is 3.86. The van der Waals surface area contributed by atoms with Gasteiger partial charge < -0.3 is 19.1 Å². The summed E-state index contributed by atoms with van der Waals surface area (Å²) in [6.07, 6.45) is -0.259. The van der Waals surface area contributed by atoms with Gasteiger partial charge in [0, 0.05) is 12.6 Å². The highest BCUT2D eigenvalue weighted by molar-refractivity contribution is 6.02. The number of esters is 1. The van der Waals surface area contributed by atoms with Crippen LogP contribution in [0.5, 0.6) is 11.5 Å². The molecule has 32 heavy (non-hydrogen) atoms. The molecule has 0 saturated heterocycles. The van der Waals surface area contributed by atoms with Crippen LogP contribution in [0.4, 0.5) is 14.5 Å². The molecule has 170 valence electrons. The topological polar surface area (TPSA) is 108 Å². The fourth-order valence-electron chi connectivity index (χ4n) is 3.61. The zero-order valence-electron chi connectivity index (χ0n) is 17.2. The highest BCUT2D eigenvalue weighted by Crippen LogP contribution is 2.40. The number of amides is 1. The molecule has 0 bridgehead atoms. The Hall–Kier alpha value is -3.76. The molecule has 9 nitrogen and oxygen atoms in total. The summed E-state index contributed by atoms with van der Waals surface area (Å²) in [5.74, 6) is -1.43. The molecule has 0 aliphatic carbocycles. The van der Waals surface area contributed by atoms with Gasteiger partial charge in [-0.1, -0.05) is 18.2 Å². The van der Waals surface area contributed by atoms with Crippen LogP contribution >= 0.6 is 0 Å². The third-order valence-corrected chi connectivity index (χ3v) is 4.97. The molecule has 0 radical (unpaired) electrons. The normalized spacial score (nSPS) is 13.7. The second kappa shape index (κ2) is 9.58. The molecule has 1 aliphatic rings. The first-order valence-corrected chi connectivity index (χ1v) is 9.62. The summed E-state index contributed by atoms with van der Waals surface area (Å²) in [6, 6.07) is 7.51. The van der Waals surface area contributed by atoms with Crippen LogP contribution in [-0.2, 0) is 16.1 Å². The van der Waals surface area contributed by atoms with Crippen molar-refractivity contribution < 1.29 is 37.5 Å². The van der Waals surface area contributed by atoms with E-state index in [1.807, 2.05) is 0 Å². The Morgan fingerprint density at radius 3 is 2.62 bits per heavy atom. The number of hydrogen-bond donors (Lipinski definition) is 0. The molecular formula is C21H20F2N2O7. The van der Waals surface area contributed by atoms with Crippen molar-refractivity contribution in [1.29, 1.82) is 0 Å². The monoisotopic (exact) mass is 450 g/mol. The number of alkyl halides is 2. The number of halogens is 2. The maximum Gasteiger partial charge on any atom is 0.387 e. The Balaban J connectivity index is 2.04. The van der Waals surface area contributed by atoms with Crippen molar-refractivity contribution in [3.63, 3.8) is 0 Å². The van der Waals surface area contributed by atoms with Gasteiger partial charge in [-0.2, -0.15) is 8.78 Å². The number of nitrogens with zero attached hydrogens (tertiary/aromatic N) is 2. The van der Waals surface area contributed by atoms with Gasteiger partial charge in [-0.05, 0) is 30.2 Å². The smallest absolute Gasteiger partial charge is 0.387 e. The average molecular weight is 450 g/mol. The van der Waals surface area contributed by atoms with Crippen molar-refractivity contribution in [3.8, 4) is 11.5 Å². The van der Waals surface area contributed by atoms with E-state index in [-0.39, 0.29) is 42.3 Å². The van der Waals surface area contributed by atoms with Crippen LogP contribution in [0.3, 0.4) is 0 Å². The lowest BCUT2D eigenvalue weighted by Gasteiger charge is -2.28. The van der Waals surface area contributed by atoms with Crippen molar-refractivity contribution >= 4 is 17.6 Å². The van der Waals surface area contributed by atoms with E-state index >= 15 is 0 Å². The highest BCUT2D eigenvalue weighted by Gasteiger charge is 2.39. The number of fused-ring (bicyclic) bond motifs is 1.